The fourth-order valence-electron chi connectivity index (χ4n) is 3.15. The molecule has 0 radical (unpaired) electrons. The molecular weight excluding hydrogens is 412 g/mol. The van der Waals surface area contributed by atoms with Crippen LogP contribution in [0.15, 0.2) is 58.2 Å². The van der Waals surface area contributed by atoms with Crippen LogP contribution in [-0.2, 0) is 20.9 Å². The lowest BCUT2D eigenvalue weighted by Crippen LogP contribution is -2.37. The first-order valence-electron chi connectivity index (χ1n) is 10.0. The molecule has 2 heterocycles. The van der Waals surface area contributed by atoms with Crippen LogP contribution in [0.3, 0.4) is 0 Å². The molecule has 9 heteroatoms. The van der Waals surface area contributed by atoms with Gasteiger partial charge < -0.3 is 19.0 Å². The summed E-state index contributed by atoms with van der Waals surface area (Å²) in [4.78, 5) is 35.6. The highest BCUT2D eigenvalue weighted by Crippen LogP contribution is 2.20. The van der Waals surface area contributed by atoms with Gasteiger partial charge >= 0.3 is 17.8 Å². The molecule has 2 amide bonds. The van der Waals surface area contributed by atoms with Crippen molar-refractivity contribution in [2.45, 2.75) is 27.3 Å². The largest absolute Gasteiger partial charge is 0.467 e. The highest BCUT2D eigenvalue weighted by Gasteiger charge is 2.14. The maximum absolute atomic E-state index is 11.9. The van der Waals surface area contributed by atoms with E-state index in [2.05, 4.69) is 15.8 Å². The van der Waals surface area contributed by atoms with Gasteiger partial charge in [0.25, 0.3) is 0 Å². The molecule has 2 aromatic heterocycles. The van der Waals surface area contributed by atoms with E-state index in [9.17, 15) is 14.4 Å². The number of nitrogens with one attached hydrogen (secondary N) is 2. The fraction of sp³-hybridized carbons (Fsp3) is 0.217. The third kappa shape index (κ3) is 5.31. The van der Waals surface area contributed by atoms with E-state index in [0.717, 1.165) is 22.6 Å². The predicted octanol–water partition coefficient (Wildman–Crippen LogP) is 2.63. The minimum atomic E-state index is -0.879. The lowest BCUT2D eigenvalue weighted by atomic mass is 10.2. The van der Waals surface area contributed by atoms with Crippen molar-refractivity contribution in [3.05, 3.63) is 77.0 Å². The van der Waals surface area contributed by atoms with Gasteiger partial charge in [0, 0.05) is 22.6 Å². The third-order valence-electron chi connectivity index (χ3n) is 4.69. The van der Waals surface area contributed by atoms with Gasteiger partial charge in [0.1, 0.15) is 5.76 Å². The van der Waals surface area contributed by atoms with E-state index < -0.39 is 11.8 Å². The van der Waals surface area contributed by atoms with Crippen LogP contribution in [0, 0.1) is 13.8 Å². The SMILES string of the molecule is CCOC(=O)c1ccc(-n2c(C)cc(/C=N/NC(=O)C(=O)NCc3ccco3)c2C)cc1. The van der Waals surface area contributed by atoms with Crippen molar-refractivity contribution in [2.75, 3.05) is 6.61 Å². The van der Waals surface area contributed by atoms with Crippen molar-refractivity contribution in [1.82, 2.24) is 15.3 Å². The number of aryl methyl sites for hydroxylation is 1. The molecule has 0 atom stereocenters. The molecule has 3 rings (SSSR count). The fourth-order valence-corrected chi connectivity index (χ4v) is 3.15. The van der Waals surface area contributed by atoms with Crippen molar-refractivity contribution >= 4 is 24.0 Å². The first-order valence-corrected chi connectivity index (χ1v) is 10.0. The number of carbonyl (C=O) groups excluding carboxylic acids is 3. The Hall–Kier alpha value is -4.14. The van der Waals surface area contributed by atoms with Crippen molar-refractivity contribution in [1.29, 1.82) is 0 Å². The molecule has 9 nitrogen and oxygen atoms in total. The van der Waals surface area contributed by atoms with Gasteiger partial charge in [0.15, 0.2) is 0 Å². The minimum Gasteiger partial charge on any atom is -0.467 e. The van der Waals surface area contributed by atoms with Gasteiger partial charge in [0.2, 0.25) is 0 Å². The first-order chi connectivity index (χ1) is 15.4. The van der Waals surface area contributed by atoms with Crippen molar-refractivity contribution < 1.29 is 23.5 Å². The molecule has 0 saturated carbocycles. The van der Waals surface area contributed by atoms with Crippen LogP contribution in [-0.4, -0.2) is 35.2 Å². The monoisotopic (exact) mass is 436 g/mol. The lowest BCUT2D eigenvalue weighted by Gasteiger charge is -2.10. The number of furan rings is 1. The van der Waals surface area contributed by atoms with Crippen molar-refractivity contribution in [3.8, 4) is 5.69 Å². The van der Waals surface area contributed by atoms with E-state index in [1.54, 1.807) is 31.2 Å². The average Bonchev–Trinajstić information content (AvgIpc) is 3.40. The van der Waals surface area contributed by atoms with E-state index in [-0.39, 0.29) is 12.5 Å². The zero-order valence-corrected chi connectivity index (χ0v) is 18.0. The number of ether oxygens (including phenoxy) is 1. The van der Waals surface area contributed by atoms with Crippen LogP contribution in [0.1, 0.15) is 40.0 Å². The van der Waals surface area contributed by atoms with Gasteiger partial charge in [-0.15, -0.1) is 0 Å². The standard InChI is InChI=1S/C23H24N4O5/c1-4-31-23(30)17-7-9-19(10-8-17)27-15(2)12-18(16(27)3)13-25-26-22(29)21(28)24-14-20-6-5-11-32-20/h5-13H,4,14H2,1-3H3,(H,24,28)(H,26,29)/b25-13+. The summed E-state index contributed by atoms with van der Waals surface area (Å²) in [5.74, 6) is -1.52. The van der Waals surface area contributed by atoms with Crippen LogP contribution in [0.25, 0.3) is 5.69 Å². The number of hydrogen-bond acceptors (Lipinski definition) is 6. The maximum Gasteiger partial charge on any atom is 0.338 e. The second-order valence-electron chi connectivity index (χ2n) is 6.89. The van der Waals surface area contributed by atoms with Gasteiger partial charge in [-0.1, -0.05) is 0 Å². The van der Waals surface area contributed by atoms with Crippen LogP contribution in [0.2, 0.25) is 0 Å². The van der Waals surface area contributed by atoms with Gasteiger partial charge in [-0.25, -0.2) is 10.2 Å². The number of benzene rings is 1. The minimum absolute atomic E-state index is 0.110. The smallest absolute Gasteiger partial charge is 0.338 e. The number of aromatic nitrogens is 1. The Labute approximate surface area is 185 Å². The summed E-state index contributed by atoms with van der Waals surface area (Å²) in [5.41, 5.74) is 6.16. The molecular formula is C23H24N4O5. The number of rotatable bonds is 7. The molecule has 2 N–H and O–H groups in total. The highest BCUT2D eigenvalue weighted by molar-refractivity contribution is 6.35. The Balaban J connectivity index is 1.64. The normalized spacial score (nSPS) is 10.8. The Morgan fingerprint density at radius 2 is 1.88 bits per heavy atom. The van der Waals surface area contributed by atoms with Crippen molar-refractivity contribution in [2.24, 2.45) is 5.10 Å². The zero-order valence-electron chi connectivity index (χ0n) is 18.0. The Kier molecular flexibility index (Phi) is 7.22. The van der Waals surface area contributed by atoms with Crippen molar-refractivity contribution in [3.63, 3.8) is 0 Å². The molecule has 32 heavy (non-hydrogen) atoms. The molecule has 0 fully saturated rings. The summed E-state index contributed by atoms with van der Waals surface area (Å²) in [6.07, 6.45) is 2.96. The molecule has 0 aliphatic carbocycles. The van der Waals surface area contributed by atoms with Crippen LogP contribution < -0.4 is 10.7 Å². The van der Waals surface area contributed by atoms with Gasteiger partial charge in [-0.2, -0.15) is 5.10 Å². The highest BCUT2D eigenvalue weighted by atomic mass is 16.5. The molecule has 0 aliphatic rings. The molecule has 0 unspecified atom stereocenters. The number of amides is 2. The number of hydrogen-bond donors (Lipinski definition) is 2. The summed E-state index contributed by atoms with van der Waals surface area (Å²) in [6.45, 7) is 6.04. The van der Waals surface area contributed by atoms with Gasteiger partial charge in [-0.05, 0) is 63.2 Å². The average molecular weight is 436 g/mol. The molecule has 0 bridgehead atoms. The van der Waals surface area contributed by atoms with Crippen LogP contribution in [0.5, 0.6) is 0 Å². The maximum atomic E-state index is 11.9. The molecule has 0 saturated heterocycles. The number of esters is 1. The summed E-state index contributed by atoms with van der Waals surface area (Å²) >= 11 is 0. The number of carbonyl (C=O) groups is 3. The molecule has 0 spiro atoms. The lowest BCUT2D eigenvalue weighted by molar-refractivity contribution is -0.139. The van der Waals surface area contributed by atoms with Gasteiger partial charge in [0.05, 0.1) is 31.2 Å². The second-order valence-corrected chi connectivity index (χ2v) is 6.89. The summed E-state index contributed by atoms with van der Waals surface area (Å²) in [6, 6.07) is 12.4. The Morgan fingerprint density at radius 1 is 1.12 bits per heavy atom. The van der Waals surface area contributed by atoms with Crippen LogP contribution >= 0.6 is 0 Å². The molecule has 1 aromatic carbocycles. The molecule has 3 aromatic rings. The Morgan fingerprint density at radius 3 is 2.53 bits per heavy atom. The first kappa shape index (κ1) is 22.5. The Bertz CT molecular complexity index is 1130. The topological polar surface area (TPSA) is 115 Å². The van der Waals surface area contributed by atoms with Crippen LogP contribution in [0.4, 0.5) is 0 Å². The van der Waals surface area contributed by atoms with E-state index >= 15 is 0 Å². The molecule has 166 valence electrons. The predicted molar refractivity (Wildman–Crippen MR) is 117 cm³/mol. The number of hydrazone groups is 1. The van der Waals surface area contributed by atoms with E-state index in [4.69, 9.17) is 9.15 Å². The summed E-state index contributed by atoms with van der Waals surface area (Å²) < 4.78 is 12.1. The van der Waals surface area contributed by atoms with E-state index in [1.165, 1.54) is 12.5 Å². The van der Waals surface area contributed by atoms with E-state index in [1.807, 2.05) is 36.6 Å². The van der Waals surface area contributed by atoms with E-state index in [0.29, 0.717) is 17.9 Å². The molecule has 0 aliphatic heterocycles. The second kappa shape index (κ2) is 10.3. The summed E-state index contributed by atoms with van der Waals surface area (Å²) in [7, 11) is 0. The quantitative estimate of drug-likeness (QED) is 0.256. The summed E-state index contributed by atoms with van der Waals surface area (Å²) in [5, 5.41) is 6.34. The third-order valence-corrected chi connectivity index (χ3v) is 4.69. The van der Waals surface area contributed by atoms with Gasteiger partial charge in [-0.3, -0.25) is 9.59 Å². The zero-order chi connectivity index (χ0) is 23.1. The number of nitrogens with zero attached hydrogens (tertiary/aromatic N) is 2.